The Labute approximate surface area is 125 Å². The third-order valence-corrected chi connectivity index (χ3v) is 3.82. The molecule has 106 valence electrons. The van der Waals surface area contributed by atoms with Gasteiger partial charge in [-0.25, -0.2) is 4.98 Å². The molecule has 0 aliphatic heterocycles. The summed E-state index contributed by atoms with van der Waals surface area (Å²) in [5.74, 6) is 0.663. The molecule has 0 atom stereocenters. The number of nitrogens with zero attached hydrogens (tertiary/aromatic N) is 3. The number of nitrogens with one attached hydrogen (secondary N) is 1. The van der Waals surface area contributed by atoms with Crippen LogP contribution in [0.5, 0.6) is 0 Å². The molecule has 0 radical (unpaired) electrons. The molecule has 2 aromatic rings. The Hall–Kier alpha value is -2.54. The second-order valence-corrected chi connectivity index (χ2v) is 5.52. The fourth-order valence-corrected chi connectivity index (χ4v) is 2.63. The van der Waals surface area contributed by atoms with Gasteiger partial charge in [-0.15, -0.1) is 0 Å². The summed E-state index contributed by atoms with van der Waals surface area (Å²) in [4.78, 5) is 6.69. The molecular formula is C17H18N4. The first kappa shape index (κ1) is 13.4. The van der Waals surface area contributed by atoms with E-state index in [1.165, 1.54) is 5.56 Å². The lowest BCUT2D eigenvalue weighted by atomic mass is 10.1. The van der Waals surface area contributed by atoms with Crippen molar-refractivity contribution in [1.29, 1.82) is 5.26 Å². The Balaban J connectivity index is 1.89. The molecule has 0 saturated heterocycles. The minimum atomic E-state index is 0.618. The van der Waals surface area contributed by atoms with E-state index in [0.29, 0.717) is 11.4 Å². The molecule has 0 spiro atoms. The molecule has 0 bridgehead atoms. The number of hydrogen-bond donors (Lipinski definition) is 1. The van der Waals surface area contributed by atoms with Crippen LogP contribution in [0.4, 0.5) is 17.2 Å². The molecule has 1 aliphatic rings. The van der Waals surface area contributed by atoms with Crippen molar-refractivity contribution in [2.24, 2.45) is 0 Å². The molecule has 3 rings (SSSR count). The van der Waals surface area contributed by atoms with Crippen molar-refractivity contribution in [3.05, 3.63) is 47.2 Å². The largest absolute Gasteiger partial charge is 0.378 e. The lowest BCUT2D eigenvalue weighted by Gasteiger charge is -2.14. The summed E-state index contributed by atoms with van der Waals surface area (Å²) < 4.78 is 0. The molecule has 4 heteroatoms. The van der Waals surface area contributed by atoms with E-state index in [1.807, 2.05) is 44.4 Å². The van der Waals surface area contributed by atoms with Crippen LogP contribution in [0.2, 0.25) is 0 Å². The van der Waals surface area contributed by atoms with Crippen LogP contribution in [-0.2, 0) is 12.8 Å². The van der Waals surface area contributed by atoms with E-state index in [0.717, 1.165) is 36.3 Å². The first-order chi connectivity index (χ1) is 10.2. The van der Waals surface area contributed by atoms with Crippen LogP contribution in [0.1, 0.15) is 23.2 Å². The smallest absolute Gasteiger partial charge is 0.148 e. The molecule has 21 heavy (non-hydrogen) atoms. The zero-order valence-corrected chi connectivity index (χ0v) is 12.3. The minimum absolute atomic E-state index is 0.618. The summed E-state index contributed by atoms with van der Waals surface area (Å²) in [6, 6.07) is 12.3. The van der Waals surface area contributed by atoms with Crippen LogP contribution in [-0.4, -0.2) is 19.1 Å². The molecule has 1 heterocycles. The molecule has 0 unspecified atom stereocenters. The van der Waals surface area contributed by atoms with Gasteiger partial charge in [0.15, 0.2) is 0 Å². The highest BCUT2D eigenvalue weighted by atomic mass is 15.1. The standard InChI is InChI=1S/C17H18N4/c1-21(2)15-8-6-14(7-9-15)19-17-13(11-18)10-12-4-3-5-16(12)20-17/h6-10H,3-5H2,1-2H3,(H,19,20). The molecular weight excluding hydrogens is 260 g/mol. The number of pyridine rings is 1. The predicted octanol–water partition coefficient (Wildman–Crippen LogP) is 3.25. The van der Waals surface area contributed by atoms with E-state index < -0.39 is 0 Å². The molecule has 1 aromatic carbocycles. The molecule has 0 saturated carbocycles. The van der Waals surface area contributed by atoms with E-state index in [1.54, 1.807) is 0 Å². The second-order valence-electron chi connectivity index (χ2n) is 5.52. The van der Waals surface area contributed by atoms with E-state index in [4.69, 9.17) is 0 Å². The summed E-state index contributed by atoms with van der Waals surface area (Å²) in [5.41, 5.74) is 5.05. The van der Waals surface area contributed by atoms with Crippen molar-refractivity contribution in [2.45, 2.75) is 19.3 Å². The number of anilines is 3. The zero-order chi connectivity index (χ0) is 14.8. The topological polar surface area (TPSA) is 52.0 Å². The van der Waals surface area contributed by atoms with Gasteiger partial charge in [0.1, 0.15) is 11.9 Å². The Morgan fingerprint density at radius 1 is 1.19 bits per heavy atom. The highest BCUT2D eigenvalue weighted by molar-refractivity contribution is 5.65. The Morgan fingerprint density at radius 3 is 2.62 bits per heavy atom. The van der Waals surface area contributed by atoms with Gasteiger partial charge in [0, 0.05) is 31.2 Å². The fraction of sp³-hybridized carbons (Fsp3) is 0.294. The van der Waals surface area contributed by atoms with Crippen LogP contribution in [0.25, 0.3) is 0 Å². The number of aromatic nitrogens is 1. The predicted molar refractivity (Wildman–Crippen MR) is 85.0 cm³/mol. The molecule has 1 aliphatic carbocycles. The SMILES string of the molecule is CN(C)c1ccc(Nc2nc3c(cc2C#N)CCC3)cc1. The summed E-state index contributed by atoms with van der Waals surface area (Å²) in [5, 5.41) is 12.6. The number of aryl methyl sites for hydroxylation is 2. The normalized spacial score (nSPS) is 12.6. The van der Waals surface area contributed by atoms with Crippen LogP contribution in [0.15, 0.2) is 30.3 Å². The van der Waals surface area contributed by atoms with E-state index in [9.17, 15) is 5.26 Å². The molecule has 4 nitrogen and oxygen atoms in total. The van der Waals surface area contributed by atoms with Gasteiger partial charge in [-0.05, 0) is 55.2 Å². The van der Waals surface area contributed by atoms with Gasteiger partial charge in [-0.3, -0.25) is 0 Å². The van der Waals surface area contributed by atoms with Crippen molar-refractivity contribution >= 4 is 17.2 Å². The van der Waals surface area contributed by atoms with Crippen molar-refractivity contribution in [3.8, 4) is 6.07 Å². The molecule has 0 amide bonds. The fourth-order valence-electron chi connectivity index (χ4n) is 2.63. The zero-order valence-electron chi connectivity index (χ0n) is 12.3. The van der Waals surface area contributed by atoms with E-state index >= 15 is 0 Å². The number of fused-ring (bicyclic) bond motifs is 1. The lowest BCUT2D eigenvalue weighted by Crippen LogP contribution is -2.08. The summed E-state index contributed by atoms with van der Waals surface area (Å²) in [6.07, 6.45) is 3.18. The minimum Gasteiger partial charge on any atom is -0.378 e. The van der Waals surface area contributed by atoms with Crippen molar-refractivity contribution in [2.75, 3.05) is 24.3 Å². The molecule has 0 fully saturated rings. The first-order valence-electron chi connectivity index (χ1n) is 7.14. The summed E-state index contributed by atoms with van der Waals surface area (Å²) in [7, 11) is 4.02. The van der Waals surface area contributed by atoms with E-state index in [-0.39, 0.29) is 0 Å². The van der Waals surface area contributed by atoms with Gasteiger partial charge < -0.3 is 10.2 Å². The number of benzene rings is 1. The maximum Gasteiger partial charge on any atom is 0.148 e. The van der Waals surface area contributed by atoms with Crippen molar-refractivity contribution < 1.29 is 0 Å². The van der Waals surface area contributed by atoms with E-state index in [2.05, 4.69) is 21.3 Å². The average Bonchev–Trinajstić information content (AvgIpc) is 2.94. The molecule has 1 N–H and O–H groups in total. The van der Waals surface area contributed by atoms with Crippen molar-refractivity contribution in [3.63, 3.8) is 0 Å². The Morgan fingerprint density at radius 2 is 1.95 bits per heavy atom. The van der Waals surface area contributed by atoms with Crippen molar-refractivity contribution in [1.82, 2.24) is 4.98 Å². The van der Waals surface area contributed by atoms with Gasteiger partial charge in [-0.2, -0.15) is 5.26 Å². The quantitative estimate of drug-likeness (QED) is 0.936. The number of rotatable bonds is 3. The second kappa shape index (κ2) is 5.45. The Bertz CT molecular complexity index is 696. The van der Waals surface area contributed by atoms with Gasteiger partial charge in [0.25, 0.3) is 0 Å². The van der Waals surface area contributed by atoms with Gasteiger partial charge in [-0.1, -0.05) is 0 Å². The van der Waals surface area contributed by atoms with Gasteiger partial charge in [0.2, 0.25) is 0 Å². The van der Waals surface area contributed by atoms with Crippen LogP contribution in [0, 0.1) is 11.3 Å². The van der Waals surface area contributed by atoms with Crippen LogP contribution in [0.3, 0.4) is 0 Å². The third kappa shape index (κ3) is 2.68. The van der Waals surface area contributed by atoms with Crippen LogP contribution < -0.4 is 10.2 Å². The number of nitriles is 1. The highest BCUT2D eigenvalue weighted by Gasteiger charge is 2.16. The average molecular weight is 278 g/mol. The Kier molecular flexibility index (Phi) is 3.49. The lowest BCUT2D eigenvalue weighted by molar-refractivity contribution is 0.900. The maximum atomic E-state index is 9.31. The summed E-state index contributed by atoms with van der Waals surface area (Å²) in [6.45, 7) is 0. The van der Waals surface area contributed by atoms with Gasteiger partial charge in [0.05, 0.1) is 5.56 Å². The third-order valence-electron chi connectivity index (χ3n) is 3.82. The highest BCUT2D eigenvalue weighted by Crippen LogP contribution is 2.27. The number of hydrogen-bond acceptors (Lipinski definition) is 4. The van der Waals surface area contributed by atoms with Gasteiger partial charge >= 0.3 is 0 Å². The molecule has 1 aromatic heterocycles. The first-order valence-corrected chi connectivity index (χ1v) is 7.14. The van der Waals surface area contributed by atoms with Crippen LogP contribution >= 0.6 is 0 Å². The maximum absolute atomic E-state index is 9.31. The monoisotopic (exact) mass is 278 g/mol. The summed E-state index contributed by atoms with van der Waals surface area (Å²) >= 11 is 0.